The largest absolute Gasteiger partial charge is 0.391 e. The second-order valence-corrected chi connectivity index (χ2v) is 6.42. The van der Waals surface area contributed by atoms with Crippen LogP contribution in [0.3, 0.4) is 0 Å². The average molecular weight is 308 g/mol. The van der Waals surface area contributed by atoms with Crippen LogP contribution in [0.15, 0.2) is 0 Å². The lowest BCUT2D eigenvalue weighted by molar-refractivity contribution is 0.0916. The first-order chi connectivity index (χ1) is 9.87. The van der Waals surface area contributed by atoms with Crippen molar-refractivity contribution in [1.82, 2.24) is 15.1 Å². The fourth-order valence-corrected chi connectivity index (χ4v) is 3.40. The van der Waals surface area contributed by atoms with Crippen molar-refractivity contribution in [2.24, 2.45) is 12.8 Å². The second kappa shape index (κ2) is 6.13. The summed E-state index contributed by atoms with van der Waals surface area (Å²) < 4.78 is 1.73. The van der Waals surface area contributed by atoms with Gasteiger partial charge in [-0.05, 0) is 26.7 Å². The Morgan fingerprint density at radius 2 is 1.86 bits per heavy atom. The highest BCUT2D eigenvalue weighted by Crippen LogP contribution is 2.28. The monoisotopic (exact) mass is 308 g/mol. The molecule has 5 nitrogen and oxygen atoms in total. The molecule has 0 bridgehead atoms. The molecule has 1 aliphatic carbocycles. The number of rotatable bonds is 3. The number of hydrogen-bond acceptors (Lipinski definition) is 3. The van der Waals surface area contributed by atoms with Crippen LogP contribution in [0.4, 0.5) is 0 Å². The number of aromatic nitrogens is 2. The summed E-state index contributed by atoms with van der Waals surface area (Å²) in [4.78, 5) is 13.1. The van der Waals surface area contributed by atoms with E-state index in [2.05, 4.69) is 10.4 Å². The number of nitrogens with two attached hydrogens (primary N) is 1. The molecule has 1 saturated carbocycles. The maximum absolute atomic E-state index is 12.7. The highest BCUT2D eigenvalue weighted by molar-refractivity contribution is 7.80. The molecule has 1 amide bonds. The van der Waals surface area contributed by atoms with E-state index in [-0.39, 0.29) is 5.91 Å². The Bertz CT molecular complexity index is 556. The molecule has 1 aromatic rings. The summed E-state index contributed by atoms with van der Waals surface area (Å²) in [5.74, 6) is -0.118. The molecule has 6 heteroatoms. The van der Waals surface area contributed by atoms with Crippen molar-refractivity contribution in [3.63, 3.8) is 0 Å². The van der Waals surface area contributed by atoms with Crippen LogP contribution in [-0.2, 0) is 7.05 Å². The van der Waals surface area contributed by atoms with Gasteiger partial charge in [0.05, 0.1) is 21.8 Å². The smallest absolute Gasteiger partial charge is 0.255 e. The molecule has 0 aromatic carbocycles. The molecule has 0 unspecified atom stereocenters. The quantitative estimate of drug-likeness (QED) is 0.663. The van der Waals surface area contributed by atoms with Crippen molar-refractivity contribution < 1.29 is 4.79 Å². The van der Waals surface area contributed by atoms with E-state index in [0.29, 0.717) is 10.6 Å². The molecule has 1 fully saturated rings. The molecule has 0 saturated heterocycles. The van der Waals surface area contributed by atoms with Gasteiger partial charge in [0.1, 0.15) is 0 Å². The Morgan fingerprint density at radius 1 is 1.29 bits per heavy atom. The Morgan fingerprint density at radius 3 is 2.29 bits per heavy atom. The topological polar surface area (TPSA) is 72.9 Å². The van der Waals surface area contributed by atoms with Crippen LogP contribution in [0.2, 0.25) is 0 Å². The minimum absolute atomic E-state index is 0.118. The lowest BCUT2D eigenvalue weighted by atomic mass is 9.89. The van der Waals surface area contributed by atoms with E-state index in [9.17, 15) is 4.79 Å². The van der Waals surface area contributed by atoms with Gasteiger partial charge in [0.25, 0.3) is 5.91 Å². The fraction of sp³-hybridized carbons (Fsp3) is 0.667. The minimum atomic E-state index is -0.544. The number of aryl methyl sites for hydroxylation is 2. The Balaban J connectivity index is 2.28. The van der Waals surface area contributed by atoms with Crippen LogP contribution in [-0.4, -0.2) is 26.2 Å². The zero-order valence-corrected chi connectivity index (χ0v) is 13.8. The van der Waals surface area contributed by atoms with Gasteiger partial charge >= 0.3 is 0 Å². The molecule has 0 atom stereocenters. The average Bonchev–Trinajstić information content (AvgIpc) is 2.59. The van der Waals surface area contributed by atoms with Gasteiger partial charge in [-0.2, -0.15) is 5.10 Å². The van der Waals surface area contributed by atoms with Gasteiger partial charge in [0.2, 0.25) is 0 Å². The number of hydrogen-bond donors (Lipinski definition) is 2. The summed E-state index contributed by atoms with van der Waals surface area (Å²) in [6.45, 7) is 3.75. The molecule has 0 aliphatic heterocycles. The van der Waals surface area contributed by atoms with Gasteiger partial charge in [-0.25, -0.2) is 0 Å². The summed E-state index contributed by atoms with van der Waals surface area (Å²) in [5.41, 5.74) is 7.66. The zero-order chi connectivity index (χ0) is 15.6. The molecular formula is C15H24N4OS. The maximum Gasteiger partial charge on any atom is 0.255 e. The Hall–Kier alpha value is -1.43. The zero-order valence-electron chi connectivity index (χ0n) is 13.0. The van der Waals surface area contributed by atoms with Crippen LogP contribution < -0.4 is 11.1 Å². The third-order valence-corrected chi connectivity index (χ3v) is 4.91. The van der Waals surface area contributed by atoms with Crippen LogP contribution in [0.25, 0.3) is 0 Å². The molecule has 1 aromatic heterocycles. The number of carbonyl (C=O) groups is 1. The van der Waals surface area contributed by atoms with Crippen LogP contribution in [0.5, 0.6) is 0 Å². The first kappa shape index (κ1) is 15.9. The lowest BCUT2D eigenvalue weighted by Gasteiger charge is -2.33. The van der Waals surface area contributed by atoms with Gasteiger partial charge in [-0.15, -0.1) is 0 Å². The van der Waals surface area contributed by atoms with Gasteiger partial charge in [-0.1, -0.05) is 37.9 Å². The third kappa shape index (κ3) is 3.10. The Labute approximate surface area is 131 Å². The molecule has 21 heavy (non-hydrogen) atoms. The van der Waals surface area contributed by atoms with E-state index in [0.717, 1.165) is 37.1 Å². The molecule has 3 N–H and O–H groups in total. The summed E-state index contributed by atoms with van der Waals surface area (Å²) in [6, 6.07) is 0. The molecule has 1 aliphatic rings. The number of carbonyl (C=O) groups excluding carboxylic acids is 1. The number of thiocarbonyl (C=S) groups is 1. The highest BCUT2D eigenvalue weighted by Gasteiger charge is 2.36. The van der Waals surface area contributed by atoms with Crippen LogP contribution >= 0.6 is 12.2 Å². The van der Waals surface area contributed by atoms with Crippen LogP contribution in [0, 0.1) is 13.8 Å². The fourth-order valence-electron chi connectivity index (χ4n) is 3.15. The Kier molecular flexibility index (Phi) is 4.66. The van der Waals surface area contributed by atoms with Crippen molar-refractivity contribution in [2.75, 3.05) is 0 Å². The van der Waals surface area contributed by atoms with Crippen molar-refractivity contribution in [2.45, 2.75) is 57.9 Å². The van der Waals surface area contributed by atoms with E-state index < -0.39 is 5.54 Å². The molecule has 2 rings (SSSR count). The van der Waals surface area contributed by atoms with Gasteiger partial charge in [0.15, 0.2) is 0 Å². The maximum atomic E-state index is 12.7. The minimum Gasteiger partial charge on any atom is -0.391 e. The summed E-state index contributed by atoms with van der Waals surface area (Å²) in [5, 5.41) is 7.43. The predicted molar refractivity (Wildman–Crippen MR) is 87.4 cm³/mol. The number of amides is 1. The molecule has 116 valence electrons. The van der Waals surface area contributed by atoms with E-state index in [1.807, 2.05) is 20.9 Å². The van der Waals surface area contributed by atoms with E-state index in [4.69, 9.17) is 18.0 Å². The van der Waals surface area contributed by atoms with Crippen molar-refractivity contribution >= 4 is 23.1 Å². The summed E-state index contributed by atoms with van der Waals surface area (Å²) in [7, 11) is 1.84. The van der Waals surface area contributed by atoms with E-state index in [1.54, 1.807) is 4.68 Å². The van der Waals surface area contributed by atoms with Gasteiger partial charge in [-0.3, -0.25) is 9.48 Å². The normalized spacial score (nSPS) is 18.0. The van der Waals surface area contributed by atoms with Crippen molar-refractivity contribution in [3.05, 3.63) is 17.0 Å². The predicted octanol–water partition coefficient (Wildman–Crippen LogP) is 2.15. The van der Waals surface area contributed by atoms with Gasteiger partial charge in [0, 0.05) is 12.7 Å². The first-order valence-electron chi connectivity index (χ1n) is 7.50. The molecule has 0 radical (unpaired) electrons. The van der Waals surface area contributed by atoms with Crippen molar-refractivity contribution in [1.29, 1.82) is 0 Å². The first-order valence-corrected chi connectivity index (χ1v) is 7.91. The number of nitrogens with one attached hydrogen (secondary N) is 1. The van der Waals surface area contributed by atoms with E-state index in [1.165, 1.54) is 12.8 Å². The second-order valence-electron chi connectivity index (χ2n) is 5.98. The third-order valence-electron chi connectivity index (χ3n) is 4.52. The van der Waals surface area contributed by atoms with E-state index >= 15 is 0 Å². The molecule has 1 heterocycles. The van der Waals surface area contributed by atoms with Crippen molar-refractivity contribution in [3.8, 4) is 0 Å². The standard InChI is InChI=1S/C15H24N4OS/c1-10-12(11(2)19(3)18-10)13(20)17-15(14(16)21)8-6-4-5-7-9-15/h4-9H2,1-3H3,(H2,16,21)(H,17,20). The lowest BCUT2D eigenvalue weighted by Crippen LogP contribution is -2.56. The van der Waals surface area contributed by atoms with Crippen LogP contribution in [0.1, 0.15) is 60.3 Å². The molecular weight excluding hydrogens is 284 g/mol. The molecule has 0 spiro atoms. The highest BCUT2D eigenvalue weighted by atomic mass is 32.1. The summed E-state index contributed by atoms with van der Waals surface area (Å²) in [6.07, 6.45) is 6.08. The van der Waals surface area contributed by atoms with Gasteiger partial charge < -0.3 is 11.1 Å². The SMILES string of the molecule is Cc1nn(C)c(C)c1C(=O)NC1(C(N)=S)CCCCCC1. The number of nitrogens with zero attached hydrogens (tertiary/aromatic N) is 2. The summed E-state index contributed by atoms with van der Waals surface area (Å²) >= 11 is 5.27.